The number of rotatable bonds is 6. The highest BCUT2D eigenvalue weighted by atomic mass is 35.5. The number of hydrogen-bond donors (Lipinski definition) is 1. The van der Waals surface area contributed by atoms with Gasteiger partial charge in [0.2, 0.25) is 0 Å². The number of hydrogen-bond acceptors (Lipinski definition) is 3. The number of sulfone groups is 1. The van der Waals surface area contributed by atoms with Gasteiger partial charge < -0.3 is 5.32 Å². The molecule has 1 amide bonds. The summed E-state index contributed by atoms with van der Waals surface area (Å²) in [6.45, 7) is 1.99. The Labute approximate surface area is 147 Å². The van der Waals surface area contributed by atoms with E-state index < -0.39 is 9.84 Å². The van der Waals surface area contributed by atoms with Gasteiger partial charge in [0.15, 0.2) is 9.84 Å². The lowest BCUT2D eigenvalue weighted by atomic mass is 10.0. The molecule has 4 nitrogen and oxygen atoms in total. The van der Waals surface area contributed by atoms with E-state index in [2.05, 4.69) is 5.32 Å². The summed E-state index contributed by atoms with van der Waals surface area (Å²) in [6.07, 6.45) is 1.94. The molecule has 0 aromatic heterocycles. The van der Waals surface area contributed by atoms with Crippen molar-refractivity contribution in [3.63, 3.8) is 0 Å². The molecular weight excluding hydrogens is 346 g/mol. The lowest BCUT2D eigenvalue weighted by molar-refractivity contribution is 0.0935. The van der Waals surface area contributed by atoms with Gasteiger partial charge in [0.25, 0.3) is 5.91 Å². The number of nitrogens with one attached hydrogen (secondary N) is 1. The predicted octanol–water partition coefficient (Wildman–Crippen LogP) is 3.77. The summed E-state index contributed by atoms with van der Waals surface area (Å²) in [4.78, 5) is 12.4. The van der Waals surface area contributed by atoms with E-state index in [0.29, 0.717) is 16.1 Å². The van der Waals surface area contributed by atoms with Crippen LogP contribution in [0.1, 0.15) is 40.9 Å². The van der Waals surface area contributed by atoms with Crippen LogP contribution >= 0.6 is 11.6 Å². The fourth-order valence-corrected chi connectivity index (χ4v) is 3.34. The molecule has 0 spiro atoms. The number of carbonyl (C=O) groups is 1. The Morgan fingerprint density at radius 2 is 1.67 bits per heavy atom. The van der Waals surface area contributed by atoms with Gasteiger partial charge in [0, 0.05) is 16.8 Å². The first-order valence-corrected chi connectivity index (χ1v) is 10.1. The molecule has 0 aliphatic heterocycles. The van der Waals surface area contributed by atoms with Crippen LogP contribution in [0.25, 0.3) is 0 Å². The molecule has 1 N–H and O–H groups in total. The molecule has 0 aliphatic rings. The molecule has 0 saturated heterocycles. The van der Waals surface area contributed by atoms with Crippen molar-refractivity contribution in [2.24, 2.45) is 0 Å². The normalized spacial score (nSPS) is 12.6. The maximum Gasteiger partial charge on any atom is 0.251 e. The molecule has 24 heavy (non-hydrogen) atoms. The molecule has 0 radical (unpaired) electrons. The average Bonchev–Trinajstić information content (AvgIpc) is 2.52. The Kier molecular flexibility index (Phi) is 6.02. The Balaban J connectivity index is 2.09. The molecule has 2 rings (SSSR count). The topological polar surface area (TPSA) is 63.2 Å². The minimum Gasteiger partial charge on any atom is -0.345 e. The van der Waals surface area contributed by atoms with Crippen LogP contribution in [0.15, 0.2) is 48.5 Å². The fourth-order valence-electron chi connectivity index (χ4n) is 2.41. The molecule has 1 atom stereocenters. The van der Waals surface area contributed by atoms with Crippen LogP contribution in [0.4, 0.5) is 0 Å². The Morgan fingerprint density at radius 1 is 1.08 bits per heavy atom. The van der Waals surface area contributed by atoms with Crippen LogP contribution < -0.4 is 5.32 Å². The number of benzene rings is 2. The number of carbonyl (C=O) groups excluding carboxylic acids is 1. The summed E-state index contributed by atoms with van der Waals surface area (Å²) in [5.41, 5.74) is 2.16. The van der Waals surface area contributed by atoms with Gasteiger partial charge in [-0.15, -0.1) is 0 Å². The molecule has 0 aliphatic carbocycles. The van der Waals surface area contributed by atoms with Crippen molar-refractivity contribution in [3.05, 3.63) is 70.2 Å². The summed E-state index contributed by atoms with van der Waals surface area (Å²) in [7, 11) is -3.08. The van der Waals surface area contributed by atoms with Crippen molar-refractivity contribution in [1.82, 2.24) is 5.32 Å². The Bertz CT molecular complexity index is 799. The van der Waals surface area contributed by atoms with Gasteiger partial charge in [-0.25, -0.2) is 8.42 Å². The van der Waals surface area contributed by atoms with Crippen molar-refractivity contribution in [1.29, 1.82) is 0 Å². The van der Waals surface area contributed by atoms with Crippen LogP contribution in [-0.4, -0.2) is 20.6 Å². The summed E-state index contributed by atoms with van der Waals surface area (Å²) in [5.74, 6) is -0.222. The Hall–Kier alpha value is -1.85. The lowest BCUT2D eigenvalue weighted by Gasteiger charge is -2.17. The summed E-state index contributed by atoms with van der Waals surface area (Å²) >= 11 is 5.89. The van der Waals surface area contributed by atoms with Gasteiger partial charge in [0.05, 0.1) is 11.8 Å². The van der Waals surface area contributed by atoms with E-state index in [1.807, 2.05) is 19.1 Å². The monoisotopic (exact) mass is 365 g/mol. The van der Waals surface area contributed by atoms with Crippen molar-refractivity contribution in [2.75, 3.05) is 6.26 Å². The van der Waals surface area contributed by atoms with Crippen molar-refractivity contribution < 1.29 is 13.2 Å². The highest BCUT2D eigenvalue weighted by Gasteiger charge is 2.14. The van der Waals surface area contributed by atoms with Crippen molar-refractivity contribution >= 4 is 27.3 Å². The number of amides is 1. The van der Waals surface area contributed by atoms with Gasteiger partial charge in [-0.05, 0) is 41.8 Å². The molecule has 0 bridgehead atoms. The maximum atomic E-state index is 12.4. The summed E-state index contributed by atoms with van der Waals surface area (Å²) < 4.78 is 22.6. The minimum absolute atomic E-state index is 0.0305. The molecule has 2 aromatic rings. The fraction of sp³-hybridized carbons (Fsp3) is 0.278. The van der Waals surface area contributed by atoms with E-state index in [0.717, 1.165) is 12.0 Å². The largest absolute Gasteiger partial charge is 0.345 e. The van der Waals surface area contributed by atoms with E-state index >= 15 is 0 Å². The first-order chi connectivity index (χ1) is 11.3. The first-order valence-electron chi connectivity index (χ1n) is 7.61. The molecule has 6 heteroatoms. The second kappa shape index (κ2) is 7.81. The zero-order valence-electron chi connectivity index (χ0n) is 13.6. The van der Waals surface area contributed by atoms with Crippen LogP contribution in [0.3, 0.4) is 0 Å². The molecule has 128 valence electrons. The standard InChI is InChI=1S/C18H20ClNO3S/c1-3-17(14-8-10-16(19)11-9-14)20-18(21)15-6-4-13(5-7-15)12-24(2,22)23/h4-11,17H,3,12H2,1-2H3,(H,20,21). The molecule has 0 saturated carbocycles. The van der Waals surface area contributed by atoms with Crippen LogP contribution in [0.2, 0.25) is 5.02 Å². The third-order valence-electron chi connectivity index (χ3n) is 3.63. The SMILES string of the molecule is CCC(NC(=O)c1ccc(CS(C)(=O)=O)cc1)c1ccc(Cl)cc1. The molecule has 0 fully saturated rings. The smallest absolute Gasteiger partial charge is 0.251 e. The summed E-state index contributed by atoms with van der Waals surface area (Å²) in [6, 6.07) is 13.9. The quantitative estimate of drug-likeness (QED) is 0.847. The average molecular weight is 366 g/mol. The third-order valence-corrected chi connectivity index (χ3v) is 4.74. The highest BCUT2D eigenvalue weighted by Crippen LogP contribution is 2.20. The van der Waals surface area contributed by atoms with Crippen molar-refractivity contribution in [2.45, 2.75) is 25.1 Å². The molecule has 0 heterocycles. The van der Waals surface area contributed by atoms with Crippen LogP contribution in [0, 0.1) is 0 Å². The van der Waals surface area contributed by atoms with Gasteiger partial charge in [0.1, 0.15) is 0 Å². The second-order valence-corrected chi connectivity index (χ2v) is 8.33. The van der Waals surface area contributed by atoms with Crippen LogP contribution in [0.5, 0.6) is 0 Å². The third kappa shape index (κ3) is 5.35. The Morgan fingerprint density at radius 3 is 2.17 bits per heavy atom. The zero-order valence-corrected chi connectivity index (χ0v) is 15.2. The lowest BCUT2D eigenvalue weighted by Crippen LogP contribution is -2.28. The van der Waals surface area contributed by atoms with Crippen molar-refractivity contribution in [3.8, 4) is 0 Å². The predicted molar refractivity (Wildman–Crippen MR) is 96.9 cm³/mol. The van der Waals surface area contributed by atoms with E-state index in [1.165, 1.54) is 6.26 Å². The molecular formula is C18H20ClNO3S. The van der Waals surface area contributed by atoms with Gasteiger partial charge in [-0.2, -0.15) is 0 Å². The van der Waals surface area contributed by atoms with Gasteiger partial charge in [-0.3, -0.25) is 4.79 Å². The van der Waals surface area contributed by atoms with Gasteiger partial charge >= 0.3 is 0 Å². The summed E-state index contributed by atoms with van der Waals surface area (Å²) in [5, 5.41) is 3.64. The van der Waals surface area contributed by atoms with E-state index in [1.54, 1.807) is 36.4 Å². The second-order valence-electron chi connectivity index (χ2n) is 5.75. The minimum atomic E-state index is -3.08. The molecule has 1 unspecified atom stereocenters. The zero-order chi connectivity index (χ0) is 17.7. The van der Waals surface area contributed by atoms with Crippen LogP contribution in [-0.2, 0) is 15.6 Å². The number of halogens is 1. The van der Waals surface area contributed by atoms with E-state index in [9.17, 15) is 13.2 Å². The first kappa shape index (κ1) is 18.5. The highest BCUT2D eigenvalue weighted by molar-refractivity contribution is 7.89. The molecule has 2 aromatic carbocycles. The van der Waals surface area contributed by atoms with E-state index in [-0.39, 0.29) is 17.7 Å². The van der Waals surface area contributed by atoms with E-state index in [4.69, 9.17) is 11.6 Å². The van der Waals surface area contributed by atoms with Gasteiger partial charge in [-0.1, -0.05) is 42.8 Å². The maximum absolute atomic E-state index is 12.4.